The van der Waals surface area contributed by atoms with E-state index < -0.39 is 20.0 Å². The summed E-state index contributed by atoms with van der Waals surface area (Å²) < 4.78 is 64.9. The lowest BCUT2D eigenvalue weighted by Crippen LogP contribution is -2.33. The molecule has 0 saturated heterocycles. The molecule has 14 nitrogen and oxygen atoms in total. The zero-order chi connectivity index (χ0) is 38.6. The van der Waals surface area contributed by atoms with Crippen LogP contribution in [0.3, 0.4) is 0 Å². The summed E-state index contributed by atoms with van der Waals surface area (Å²) in [5, 5.41) is 3.02. The molecule has 1 N–H and O–H groups in total. The third-order valence-corrected chi connectivity index (χ3v) is 9.84. The number of halogens is 3. The van der Waals surface area contributed by atoms with Gasteiger partial charge in [-0.3, -0.25) is 9.03 Å². The van der Waals surface area contributed by atoms with Crippen LogP contribution in [0.5, 0.6) is 0 Å². The summed E-state index contributed by atoms with van der Waals surface area (Å²) in [6.45, 7) is 2.27. The average Bonchev–Trinajstić information content (AvgIpc) is 3.69. The Labute approximate surface area is 327 Å². The highest BCUT2D eigenvalue weighted by Gasteiger charge is 2.20. The van der Waals surface area contributed by atoms with Crippen LogP contribution in [0.15, 0.2) is 85.5 Å². The van der Waals surface area contributed by atoms with E-state index in [1.54, 1.807) is 44.8 Å². The Hall–Kier alpha value is -3.84. The number of nitrogens with zero attached hydrogens (tertiary/aromatic N) is 7. The van der Waals surface area contributed by atoms with Gasteiger partial charge in [-0.2, -0.15) is 9.97 Å². The van der Waals surface area contributed by atoms with Gasteiger partial charge in [0.15, 0.2) is 0 Å². The molecule has 0 fully saturated rings. The van der Waals surface area contributed by atoms with E-state index >= 15 is 0 Å². The van der Waals surface area contributed by atoms with Gasteiger partial charge in [0.05, 0.1) is 56.7 Å². The van der Waals surface area contributed by atoms with Crippen LogP contribution < -0.4 is 9.03 Å². The van der Waals surface area contributed by atoms with Crippen molar-refractivity contribution >= 4 is 92.6 Å². The number of methoxy groups -OCH3 is 2. The van der Waals surface area contributed by atoms with E-state index in [9.17, 15) is 16.8 Å². The lowest BCUT2D eigenvalue weighted by atomic mass is 10.1. The monoisotopic (exact) mass is 868 g/mol. The summed E-state index contributed by atoms with van der Waals surface area (Å²) in [4.78, 5) is 16.4. The highest BCUT2D eigenvalue weighted by atomic mass is 79.9. The molecule has 0 unspecified atom stereocenters. The molecule has 2 aromatic carbocycles. The standard InChI is InChI=1S/C17H19ClN4O3S.C14H13ClN4O2S.C3H7BrO/c1-25-10-9-22(26(2,23)24)15-6-4-3-5-14(15)12-21-8-7-13-11-19-17(18)20-16(13)21;1-22(20,21)18-12-5-3-2-4-11(12)9-19-7-6-10-8-16-14(15)17-13(10)19;1-5-3-2-4/h3-8,11H,9-10,12H2,1-2H3;2-8,18H,9H2,1H3;2-3H2,1H3. The number of nitrogens with one attached hydrogen (secondary N) is 1. The Bertz CT molecular complexity index is 2340. The minimum Gasteiger partial charge on any atom is -0.384 e. The van der Waals surface area contributed by atoms with Crippen molar-refractivity contribution in [2.24, 2.45) is 0 Å². The molecule has 0 aliphatic rings. The fraction of sp³-hybridized carbons (Fsp3) is 0.294. The smallest absolute Gasteiger partial charge is 0.232 e. The Morgan fingerprint density at radius 2 is 1.26 bits per heavy atom. The molecule has 4 heterocycles. The molecular formula is C34H39BrCl2N8O6S2. The van der Waals surface area contributed by atoms with Crippen LogP contribution in [0, 0.1) is 0 Å². The minimum absolute atomic E-state index is 0.170. The molecule has 284 valence electrons. The zero-order valence-corrected chi connectivity index (χ0v) is 34.1. The lowest BCUT2D eigenvalue weighted by Gasteiger charge is -2.25. The van der Waals surface area contributed by atoms with Gasteiger partial charge >= 0.3 is 0 Å². The first-order valence-electron chi connectivity index (χ1n) is 15.8. The summed E-state index contributed by atoms with van der Waals surface area (Å²) in [5.41, 5.74) is 4.25. The van der Waals surface area contributed by atoms with E-state index in [0.717, 1.165) is 40.1 Å². The third kappa shape index (κ3) is 12.3. The number of alkyl halides is 1. The van der Waals surface area contributed by atoms with Gasteiger partial charge in [-0.1, -0.05) is 52.3 Å². The second kappa shape index (κ2) is 19.5. The summed E-state index contributed by atoms with van der Waals surface area (Å²) in [6.07, 6.45) is 9.38. The lowest BCUT2D eigenvalue weighted by molar-refractivity contribution is 0.208. The van der Waals surface area contributed by atoms with Gasteiger partial charge in [0.2, 0.25) is 30.6 Å². The first-order chi connectivity index (χ1) is 25.2. The van der Waals surface area contributed by atoms with Crippen molar-refractivity contribution in [2.45, 2.75) is 13.1 Å². The number of ether oxygens (including phenoxy) is 2. The molecule has 0 radical (unpaired) electrons. The largest absolute Gasteiger partial charge is 0.384 e. The molecule has 0 aliphatic heterocycles. The van der Waals surface area contributed by atoms with Crippen molar-refractivity contribution in [3.63, 3.8) is 0 Å². The van der Waals surface area contributed by atoms with Crippen LogP contribution in [0.25, 0.3) is 22.1 Å². The van der Waals surface area contributed by atoms with Crippen LogP contribution in [0.4, 0.5) is 11.4 Å². The van der Waals surface area contributed by atoms with Gasteiger partial charge in [-0.25, -0.2) is 26.8 Å². The van der Waals surface area contributed by atoms with E-state index in [4.69, 9.17) is 27.9 Å². The molecule has 4 aromatic heterocycles. The zero-order valence-electron chi connectivity index (χ0n) is 29.4. The number of hydrogen-bond donors (Lipinski definition) is 1. The maximum Gasteiger partial charge on any atom is 0.232 e. The Balaban J connectivity index is 0.000000212. The molecule has 6 aromatic rings. The van der Waals surface area contributed by atoms with Gasteiger partial charge in [0, 0.05) is 55.1 Å². The van der Waals surface area contributed by atoms with Gasteiger partial charge in [-0.15, -0.1) is 0 Å². The minimum atomic E-state index is -3.44. The van der Waals surface area contributed by atoms with Crippen LogP contribution in [-0.4, -0.2) is 97.7 Å². The van der Waals surface area contributed by atoms with E-state index in [0.29, 0.717) is 42.4 Å². The number of benzene rings is 2. The van der Waals surface area contributed by atoms with Crippen LogP contribution in [0.1, 0.15) is 11.1 Å². The second-order valence-corrected chi connectivity index (χ2v) is 16.5. The SMILES string of the molecule is COCCBr.COCCN(c1ccccc1Cn1ccc2cnc(Cl)nc21)S(C)(=O)=O.CS(=O)(=O)Nc1ccccc1Cn1ccc2cnc(Cl)nc21. The van der Waals surface area contributed by atoms with Crippen LogP contribution in [0.2, 0.25) is 10.6 Å². The predicted molar refractivity (Wildman–Crippen MR) is 214 cm³/mol. The molecular weight excluding hydrogens is 831 g/mol. The summed E-state index contributed by atoms with van der Waals surface area (Å²) in [6, 6.07) is 18.4. The number of hydrogen-bond acceptors (Lipinski definition) is 10. The summed E-state index contributed by atoms with van der Waals surface area (Å²) >= 11 is 14.9. The highest BCUT2D eigenvalue weighted by Crippen LogP contribution is 2.26. The average molecular weight is 871 g/mol. The van der Waals surface area contributed by atoms with Crippen molar-refractivity contribution in [3.05, 3.63) is 107 Å². The number of aromatic nitrogens is 6. The number of anilines is 2. The molecule has 6 rings (SSSR count). The Morgan fingerprint density at radius 3 is 1.75 bits per heavy atom. The van der Waals surface area contributed by atoms with Gasteiger partial charge in [0.25, 0.3) is 0 Å². The second-order valence-electron chi connectivity index (χ2n) is 11.4. The molecule has 0 saturated carbocycles. The van der Waals surface area contributed by atoms with Gasteiger partial charge in [-0.05, 0) is 58.6 Å². The van der Waals surface area contributed by atoms with Crippen LogP contribution in [-0.2, 0) is 42.6 Å². The van der Waals surface area contributed by atoms with Crippen molar-refractivity contribution in [2.75, 3.05) is 60.8 Å². The highest BCUT2D eigenvalue weighted by molar-refractivity contribution is 9.09. The van der Waals surface area contributed by atoms with E-state index in [-0.39, 0.29) is 17.1 Å². The maximum atomic E-state index is 12.3. The fourth-order valence-corrected chi connectivity index (χ4v) is 7.21. The van der Waals surface area contributed by atoms with Crippen molar-refractivity contribution in [1.82, 2.24) is 29.1 Å². The number of sulfonamides is 2. The topological polar surface area (TPSA) is 163 Å². The quantitative estimate of drug-likeness (QED) is 0.106. The van der Waals surface area contributed by atoms with E-state index in [1.807, 2.05) is 64.0 Å². The Morgan fingerprint density at radius 1 is 0.755 bits per heavy atom. The van der Waals surface area contributed by atoms with Gasteiger partial charge < -0.3 is 18.6 Å². The maximum absolute atomic E-state index is 12.3. The van der Waals surface area contributed by atoms with Crippen molar-refractivity contribution in [3.8, 4) is 0 Å². The molecule has 19 heteroatoms. The van der Waals surface area contributed by atoms with E-state index in [2.05, 4.69) is 45.3 Å². The summed E-state index contributed by atoms with van der Waals surface area (Å²) in [7, 11) is -3.55. The first-order valence-corrected chi connectivity index (χ1v) is 21.5. The number of rotatable bonds is 13. The molecule has 0 aliphatic carbocycles. The van der Waals surface area contributed by atoms with Crippen molar-refractivity contribution < 1.29 is 26.3 Å². The van der Waals surface area contributed by atoms with E-state index in [1.165, 1.54) is 10.6 Å². The molecule has 0 amide bonds. The van der Waals surface area contributed by atoms with Gasteiger partial charge in [0.1, 0.15) is 11.3 Å². The first kappa shape index (κ1) is 41.9. The fourth-order valence-electron chi connectivity index (χ4n) is 5.08. The molecule has 0 spiro atoms. The Kier molecular flexibility index (Phi) is 15.4. The molecule has 0 atom stereocenters. The van der Waals surface area contributed by atoms with Crippen molar-refractivity contribution in [1.29, 1.82) is 0 Å². The number of fused-ring (bicyclic) bond motifs is 2. The molecule has 53 heavy (non-hydrogen) atoms. The molecule has 0 bridgehead atoms. The third-order valence-electron chi connectivity index (χ3n) is 7.38. The predicted octanol–water partition coefficient (Wildman–Crippen LogP) is 6.08. The summed E-state index contributed by atoms with van der Waals surface area (Å²) in [5.74, 6) is 0. The number of para-hydroxylation sites is 2. The normalized spacial score (nSPS) is 11.5. The van der Waals surface area contributed by atoms with Crippen LogP contribution >= 0.6 is 39.1 Å².